The smallest absolute Gasteiger partial charge is 0.250 e. The first-order chi connectivity index (χ1) is 12.8. The fraction of sp³-hybridized carbons (Fsp3) is 0.158. The summed E-state index contributed by atoms with van der Waals surface area (Å²) in [5.74, 6) is -2.17. The average molecular weight is 367 g/mol. The van der Waals surface area contributed by atoms with E-state index in [9.17, 15) is 18.8 Å². The van der Waals surface area contributed by atoms with Crippen molar-refractivity contribution in [3.63, 3.8) is 0 Å². The van der Waals surface area contributed by atoms with Crippen LogP contribution in [0.15, 0.2) is 41.3 Å². The van der Waals surface area contributed by atoms with Gasteiger partial charge in [-0.1, -0.05) is 0 Å². The minimum Gasteiger partial charge on any atom is -0.381 e. The summed E-state index contributed by atoms with van der Waals surface area (Å²) in [6, 6.07) is 7.94. The maximum atomic E-state index is 13.7. The molecule has 27 heavy (non-hydrogen) atoms. The van der Waals surface area contributed by atoms with Gasteiger partial charge in [-0.25, -0.2) is 18.7 Å². The second-order valence-corrected chi connectivity index (χ2v) is 6.15. The van der Waals surface area contributed by atoms with Crippen LogP contribution in [-0.2, 0) is 0 Å². The summed E-state index contributed by atoms with van der Waals surface area (Å²) in [6.45, 7) is 3.69. The van der Waals surface area contributed by atoms with E-state index < -0.39 is 11.6 Å². The van der Waals surface area contributed by atoms with Crippen molar-refractivity contribution < 1.29 is 8.78 Å². The molecule has 0 amide bonds. The molecule has 6 nitrogen and oxygen atoms in total. The maximum absolute atomic E-state index is 13.7. The van der Waals surface area contributed by atoms with E-state index in [1.165, 1.54) is 22.8 Å². The van der Waals surface area contributed by atoms with Crippen LogP contribution in [0.4, 0.5) is 14.6 Å². The highest BCUT2D eigenvalue weighted by molar-refractivity contribution is 5.79. The third-order valence-electron chi connectivity index (χ3n) is 3.99. The minimum atomic E-state index is -1.05. The molecule has 0 unspecified atom stereocenters. The van der Waals surface area contributed by atoms with Gasteiger partial charge in [-0.2, -0.15) is 5.26 Å². The fourth-order valence-corrected chi connectivity index (χ4v) is 2.62. The normalized spacial score (nSPS) is 10.8. The van der Waals surface area contributed by atoms with Crippen molar-refractivity contribution in [2.75, 3.05) is 5.73 Å². The number of aromatic nitrogens is 3. The number of nitrogens with two attached hydrogens (primary N) is 1. The number of halogens is 2. The average Bonchev–Trinajstić information content (AvgIpc) is 2.64. The molecule has 0 saturated heterocycles. The number of nitriles is 1. The molecule has 3 rings (SSSR count). The summed E-state index contributed by atoms with van der Waals surface area (Å²) >= 11 is 0. The van der Waals surface area contributed by atoms with E-state index in [2.05, 4.69) is 9.97 Å². The van der Waals surface area contributed by atoms with Crippen LogP contribution in [0.25, 0.3) is 22.5 Å². The number of rotatable bonds is 3. The van der Waals surface area contributed by atoms with Crippen LogP contribution in [0.1, 0.15) is 25.6 Å². The molecular weight excluding hydrogens is 352 g/mol. The molecule has 1 aromatic carbocycles. The van der Waals surface area contributed by atoms with Gasteiger partial charge < -0.3 is 10.3 Å². The van der Waals surface area contributed by atoms with Gasteiger partial charge in [-0.15, -0.1) is 0 Å². The molecule has 2 aromatic heterocycles. The molecule has 0 aliphatic rings. The van der Waals surface area contributed by atoms with E-state index in [1.807, 2.05) is 19.9 Å². The van der Waals surface area contributed by atoms with Crippen molar-refractivity contribution in [3.8, 4) is 28.6 Å². The van der Waals surface area contributed by atoms with E-state index in [0.717, 1.165) is 12.1 Å². The lowest BCUT2D eigenvalue weighted by Gasteiger charge is -2.14. The Bertz CT molecular complexity index is 1130. The lowest BCUT2D eigenvalue weighted by molar-refractivity contribution is 0.509. The molecule has 0 saturated carbocycles. The van der Waals surface area contributed by atoms with Crippen molar-refractivity contribution >= 4 is 5.82 Å². The molecule has 2 N–H and O–H groups in total. The Morgan fingerprint density at radius 1 is 1.07 bits per heavy atom. The van der Waals surface area contributed by atoms with E-state index in [0.29, 0.717) is 5.56 Å². The molecule has 0 atom stereocenters. The molecule has 8 heteroatoms. The van der Waals surface area contributed by atoms with Gasteiger partial charge in [0, 0.05) is 29.4 Å². The Kier molecular flexibility index (Phi) is 4.69. The highest BCUT2D eigenvalue weighted by Crippen LogP contribution is 2.31. The Morgan fingerprint density at radius 2 is 1.74 bits per heavy atom. The van der Waals surface area contributed by atoms with Crippen LogP contribution in [0, 0.1) is 23.0 Å². The number of hydrogen-bond donors (Lipinski definition) is 1. The lowest BCUT2D eigenvalue weighted by Crippen LogP contribution is -2.20. The second kappa shape index (κ2) is 6.96. The summed E-state index contributed by atoms with van der Waals surface area (Å²) in [5.41, 5.74) is 6.62. The Hall–Kier alpha value is -3.60. The molecule has 0 radical (unpaired) electrons. The third kappa shape index (κ3) is 3.40. The minimum absolute atomic E-state index is 0.0985. The quantitative estimate of drug-likeness (QED) is 0.766. The number of pyridine rings is 1. The van der Waals surface area contributed by atoms with Crippen molar-refractivity contribution in [1.82, 2.24) is 14.5 Å². The van der Waals surface area contributed by atoms with Gasteiger partial charge in [0.25, 0.3) is 5.56 Å². The predicted molar refractivity (Wildman–Crippen MR) is 96.6 cm³/mol. The van der Waals surface area contributed by atoms with Crippen LogP contribution in [0.2, 0.25) is 0 Å². The zero-order valence-corrected chi connectivity index (χ0v) is 14.6. The highest BCUT2D eigenvalue weighted by Gasteiger charge is 2.18. The number of anilines is 1. The molecule has 136 valence electrons. The summed E-state index contributed by atoms with van der Waals surface area (Å²) < 4.78 is 28.5. The first-order valence-corrected chi connectivity index (χ1v) is 8.07. The van der Waals surface area contributed by atoms with Gasteiger partial charge in [-0.3, -0.25) is 4.79 Å². The standard InChI is InChI=1S/C19H15F2N5O/c1-10(2)26-9-12(4-6-16(26)27)18-17(25-19(23)15(8-22)24-18)11-3-5-13(20)14(21)7-11/h3-7,9-10H,1-2H3,(H2,23,25). The van der Waals surface area contributed by atoms with Crippen molar-refractivity contribution in [2.24, 2.45) is 0 Å². The van der Waals surface area contributed by atoms with Gasteiger partial charge in [0.05, 0.1) is 11.4 Å². The zero-order chi connectivity index (χ0) is 19.7. The number of benzene rings is 1. The molecule has 0 aliphatic carbocycles. The van der Waals surface area contributed by atoms with Crippen molar-refractivity contribution in [3.05, 3.63) is 64.2 Å². The molecule has 0 fully saturated rings. The largest absolute Gasteiger partial charge is 0.381 e. The van der Waals surface area contributed by atoms with Crippen molar-refractivity contribution in [2.45, 2.75) is 19.9 Å². The number of hydrogen-bond acceptors (Lipinski definition) is 5. The third-order valence-corrected chi connectivity index (χ3v) is 3.99. The van der Waals surface area contributed by atoms with Gasteiger partial charge in [0.2, 0.25) is 0 Å². The SMILES string of the molecule is CC(C)n1cc(-c2nc(C#N)c(N)nc2-c2ccc(F)c(F)c2)ccc1=O. The molecular formula is C19H15F2N5O. The monoisotopic (exact) mass is 367 g/mol. The highest BCUT2D eigenvalue weighted by atomic mass is 19.2. The molecule has 3 aromatic rings. The Morgan fingerprint density at radius 3 is 2.37 bits per heavy atom. The summed E-state index contributed by atoms with van der Waals surface area (Å²) in [5, 5.41) is 9.22. The Balaban J connectivity index is 2.31. The van der Waals surface area contributed by atoms with Gasteiger partial charge in [-0.05, 0) is 38.1 Å². The first-order valence-electron chi connectivity index (χ1n) is 8.07. The molecule has 0 bridgehead atoms. The summed E-state index contributed by atoms with van der Waals surface area (Å²) in [7, 11) is 0. The number of nitrogen functional groups attached to an aromatic ring is 1. The van der Waals surface area contributed by atoms with E-state index >= 15 is 0 Å². The molecule has 2 heterocycles. The van der Waals surface area contributed by atoms with E-state index in [-0.39, 0.29) is 40.1 Å². The molecule has 0 spiro atoms. The second-order valence-electron chi connectivity index (χ2n) is 6.15. The topological polar surface area (TPSA) is 97.6 Å². The predicted octanol–water partition coefficient (Wildman–Crippen LogP) is 3.29. The van der Waals surface area contributed by atoms with E-state index in [1.54, 1.807) is 6.20 Å². The van der Waals surface area contributed by atoms with Crippen LogP contribution in [0.3, 0.4) is 0 Å². The van der Waals surface area contributed by atoms with Gasteiger partial charge in [0.1, 0.15) is 6.07 Å². The number of nitrogens with zero attached hydrogens (tertiary/aromatic N) is 4. The van der Waals surface area contributed by atoms with E-state index in [4.69, 9.17) is 5.73 Å². The lowest BCUT2D eigenvalue weighted by atomic mass is 10.0. The maximum Gasteiger partial charge on any atom is 0.250 e. The fourth-order valence-electron chi connectivity index (χ4n) is 2.62. The van der Waals surface area contributed by atoms with Crippen LogP contribution in [0.5, 0.6) is 0 Å². The van der Waals surface area contributed by atoms with Crippen LogP contribution in [-0.4, -0.2) is 14.5 Å². The zero-order valence-electron chi connectivity index (χ0n) is 14.6. The van der Waals surface area contributed by atoms with Crippen molar-refractivity contribution in [1.29, 1.82) is 5.26 Å². The first kappa shape index (κ1) is 18.2. The Labute approximate surface area is 153 Å². The van der Waals surface area contributed by atoms with Gasteiger partial charge in [0.15, 0.2) is 23.1 Å². The van der Waals surface area contributed by atoms with Gasteiger partial charge >= 0.3 is 0 Å². The molecule has 0 aliphatic heterocycles. The summed E-state index contributed by atoms with van der Waals surface area (Å²) in [6.07, 6.45) is 1.58. The van der Waals surface area contributed by atoms with Crippen LogP contribution < -0.4 is 11.3 Å². The summed E-state index contributed by atoms with van der Waals surface area (Å²) in [4.78, 5) is 20.4. The van der Waals surface area contributed by atoms with Crippen LogP contribution >= 0.6 is 0 Å².